The lowest BCUT2D eigenvalue weighted by Crippen LogP contribution is -2.25. The Morgan fingerprint density at radius 3 is 2.76 bits per heavy atom. The van der Waals surface area contributed by atoms with Gasteiger partial charge in [-0.15, -0.1) is 0 Å². The van der Waals surface area contributed by atoms with Gasteiger partial charge in [0.15, 0.2) is 0 Å². The summed E-state index contributed by atoms with van der Waals surface area (Å²) in [4.78, 5) is 17.0. The molecule has 1 amide bonds. The Labute approximate surface area is 151 Å². The summed E-state index contributed by atoms with van der Waals surface area (Å²) < 4.78 is 7.55. The SMILES string of the molecule is CCOCCn1c(CNC(=O)c2ccccc2Cl)nc2ccccc21. The number of hydrogen-bond acceptors (Lipinski definition) is 3. The number of para-hydroxylation sites is 2. The molecule has 3 rings (SSSR count). The number of rotatable bonds is 7. The van der Waals surface area contributed by atoms with Crippen molar-refractivity contribution in [2.24, 2.45) is 0 Å². The number of fused-ring (bicyclic) bond motifs is 1. The monoisotopic (exact) mass is 357 g/mol. The van der Waals surface area contributed by atoms with Crippen LogP contribution in [-0.4, -0.2) is 28.7 Å². The molecule has 0 atom stereocenters. The van der Waals surface area contributed by atoms with Crippen molar-refractivity contribution in [1.82, 2.24) is 14.9 Å². The molecule has 2 aromatic carbocycles. The van der Waals surface area contributed by atoms with Gasteiger partial charge in [0.2, 0.25) is 0 Å². The molecule has 1 heterocycles. The van der Waals surface area contributed by atoms with E-state index < -0.39 is 0 Å². The zero-order valence-electron chi connectivity index (χ0n) is 14.0. The third kappa shape index (κ3) is 4.00. The molecule has 0 aliphatic rings. The van der Waals surface area contributed by atoms with Crippen LogP contribution in [0, 0.1) is 0 Å². The number of halogens is 1. The van der Waals surface area contributed by atoms with E-state index in [0.29, 0.717) is 36.9 Å². The van der Waals surface area contributed by atoms with E-state index in [9.17, 15) is 4.79 Å². The average Bonchev–Trinajstić information content (AvgIpc) is 2.98. The van der Waals surface area contributed by atoms with Crippen LogP contribution in [-0.2, 0) is 17.8 Å². The Bertz CT molecular complexity index is 876. The van der Waals surface area contributed by atoms with E-state index in [4.69, 9.17) is 16.3 Å². The van der Waals surface area contributed by atoms with E-state index in [1.165, 1.54) is 0 Å². The summed E-state index contributed by atoms with van der Waals surface area (Å²) in [5.74, 6) is 0.579. The van der Waals surface area contributed by atoms with Crippen LogP contribution in [0.25, 0.3) is 11.0 Å². The highest BCUT2D eigenvalue weighted by Gasteiger charge is 2.13. The molecule has 0 saturated heterocycles. The highest BCUT2D eigenvalue weighted by Crippen LogP contribution is 2.17. The second-order valence-electron chi connectivity index (χ2n) is 5.53. The molecule has 6 heteroatoms. The van der Waals surface area contributed by atoms with Crippen molar-refractivity contribution in [1.29, 1.82) is 0 Å². The van der Waals surface area contributed by atoms with Crippen molar-refractivity contribution >= 4 is 28.5 Å². The second kappa shape index (κ2) is 8.14. The molecule has 0 fully saturated rings. The molecule has 0 spiro atoms. The molecule has 1 N–H and O–H groups in total. The van der Waals surface area contributed by atoms with Gasteiger partial charge in [0.05, 0.1) is 34.8 Å². The first-order valence-corrected chi connectivity index (χ1v) is 8.63. The van der Waals surface area contributed by atoms with Crippen LogP contribution in [0.3, 0.4) is 0 Å². The normalized spacial score (nSPS) is 11.0. The number of amides is 1. The summed E-state index contributed by atoms with van der Waals surface area (Å²) in [5, 5.41) is 3.34. The zero-order valence-corrected chi connectivity index (χ0v) is 14.8. The number of imidazole rings is 1. The van der Waals surface area contributed by atoms with Gasteiger partial charge in [-0.2, -0.15) is 0 Å². The van der Waals surface area contributed by atoms with E-state index in [0.717, 1.165) is 16.9 Å². The quantitative estimate of drug-likeness (QED) is 0.656. The van der Waals surface area contributed by atoms with Gasteiger partial charge < -0.3 is 14.6 Å². The van der Waals surface area contributed by atoms with Gasteiger partial charge in [-0.05, 0) is 31.2 Å². The Morgan fingerprint density at radius 2 is 1.96 bits per heavy atom. The first-order valence-electron chi connectivity index (χ1n) is 8.25. The summed E-state index contributed by atoms with van der Waals surface area (Å²) >= 11 is 6.08. The van der Waals surface area contributed by atoms with Crippen molar-refractivity contribution in [2.75, 3.05) is 13.2 Å². The van der Waals surface area contributed by atoms with Crippen molar-refractivity contribution in [3.05, 3.63) is 64.9 Å². The Hall–Kier alpha value is -2.37. The number of carbonyl (C=O) groups is 1. The summed E-state index contributed by atoms with van der Waals surface area (Å²) in [6.45, 7) is 4.25. The van der Waals surface area contributed by atoms with Crippen LogP contribution in [0.15, 0.2) is 48.5 Å². The van der Waals surface area contributed by atoms with Crippen LogP contribution in [0.4, 0.5) is 0 Å². The van der Waals surface area contributed by atoms with Crippen molar-refractivity contribution in [3.8, 4) is 0 Å². The van der Waals surface area contributed by atoms with Crippen molar-refractivity contribution in [3.63, 3.8) is 0 Å². The molecule has 0 saturated carbocycles. The largest absolute Gasteiger partial charge is 0.380 e. The molecule has 0 aliphatic heterocycles. The minimum atomic E-state index is -0.214. The van der Waals surface area contributed by atoms with Crippen LogP contribution in [0.2, 0.25) is 5.02 Å². The van der Waals surface area contributed by atoms with E-state index in [1.807, 2.05) is 31.2 Å². The molecule has 5 nitrogen and oxygen atoms in total. The third-order valence-electron chi connectivity index (χ3n) is 3.92. The number of nitrogens with one attached hydrogen (secondary N) is 1. The summed E-state index contributed by atoms with van der Waals surface area (Å²) in [6.07, 6.45) is 0. The number of nitrogens with zero attached hydrogens (tertiary/aromatic N) is 2. The topological polar surface area (TPSA) is 56.1 Å². The van der Waals surface area contributed by atoms with Gasteiger partial charge in [0, 0.05) is 13.2 Å². The maximum Gasteiger partial charge on any atom is 0.253 e. The van der Waals surface area contributed by atoms with E-state index in [1.54, 1.807) is 24.3 Å². The van der Waals surface area contributed by atoms with Crippen LogP contribution in [0.5, 0.6) is 0 Å². The van der Waals surface area contributed by atoms with Gasteiger partial charge in [0.1, 0.15) is 5.82 Å². The van der Waals surface area contributed by atoms with Gasteiger partial charge >= 0.3 is 0 Å². The molecule has 0 unspecified atom stereocenters. The number of benzene rings is 2. The zero-order chi connectivity index (χ0) is 17.6. The number of carbonyl (C=O) groups excluding carboxylic acids is 1. The molecule has 3 aromatic rings. The molecule has 130 valence electrons. The predicted octanol–water partition coefficient (Wildman–Crippen LogP) is 3.66. The molecule has 0 bridgehead atoms. The van der Waals surface area contributed by atoms with Gasteiger partial charge in [-0.1, -0.05) is 35.9 Å². The van der Waals surface area contributed by atoms with Gasteiger partial charge in [-0.25, -0.2) is 4.98 Å². The van der Waals surface area contributed by atoms with Gasteiger partial charge in [0.25, 0.3) is 5.91 Å². The highest BCUT2D eigenvalue weighted by atomic mass is 35.5. The minimum Gasteiger partial charge on any atom is -0.380 e. The van der Waals surface area contributed by atoms with Crippen molar-refractivity contribution in [2.45, 2.75) is 20.0 Å². The average molecular weight is 358 g/mol. The highest BCUT2D eigenvalue weighted by molar-refractivity contribution is 6.33. The van der Waals surface area contributed by atoms with E-state index >= 15 is 0 Å². The fourth-order valence-corrected chi connectivity index (χ4v) is 2.93. The lowest BCUT2D eigenvalue weighted by Gasteiger charge is -2.10. The van der Waals surface area contributed by atoms with Crippen LogP contribution in [0.1, 0.15) is 23.1 Å². The Kier molecular flexibility index (Phi) is 5.68. The number of hydrogen-bond donors (Lipinski definition) is 1. The summed E-state index contributed by atoms with van der Waals surface area (Å²) in [7, 11) is 0. The standard InChI is InChI=1S/C19H20ClN3O2/c1-2-25-12-11-23-17-10-6-5-9-16(17)22-18(23)13-21-19(24)14-7-3-4-8-15(14)20/h3-10H,2,11-13H2,1H3,(H,21,24). The Balaban J connectivity index is 1.79. The third-order valence-corrected chi connectivity index (χ3v) is 4.25. The summed E-state index contributed by atoms with van der Waals surface area (Å²) in [5.41, 5.74) is 2.39. The van der Waals surface area contributed by atoms with Crippen LogP contribution < -0.4 is 5.32 Å². The lowest BCUT2D eigenvalue weighted by atomic mass is 10.2. The maximum absolute atomic E-state index is 12.4. The first-order chi connectivity index (χ1) is 12.2. The molecule has 1 aromatic heterocycles. The fourth-order valence-electron chi connectivity index (χ4n) is 2.71. The van der Waals surface area contributed by atoms with E-state index in [-0.39, 0.29) is 5.91 Å². The molecule has 25 heavy (non-hydrogen) atoms. The van der Waals surface area contributed by atoms with E-state index in [2.05, 4.69) is 14.9 Å². The van der Waals surface area contributed by atoms with Gasteiger partial charge in [-0.3, -0.25) is 4.79 Å². The fraction of sp³-hybridized carbons (Fsp3) is 0.263. The number of ether oxygens (including phenoxy) is 1. The lowest BCUT2D eigenvalue weighted by molar-refractivity contribution is 0.0949. The smallest absolute Gasteiger partial charge is 0.253 e. The van der Waals surface area contributed by atoms with Crippen LogP contribution >= 0.6 is 11.6 Å². The Morgan fingerprint density at radius 1 is 1.20 bits per heavy atom. The predicted molar refractivity (Wildman–Crippen MR) is 98.8 cm³/mol. The molecule has 0 aliphatic carbocycles. The molecular weight excluding hydrogens is 338 g/mol. The molecule has 0 radical (unpaired) electrons. The second-order valence-corrected chi connectivity index (χ2v) is 5.94. The summed E-state index contributed by atoms with van der Waals surface area (Å²) in [6, 6.07) is 14.9. The molecular formula is C19H20ClN3O2. The number of aromatic nitrogens is 2. The van der Waals surface area contributed by atoms with Crippen molar-refractivity contribution < 1.29 is 9.53 Å². The first kappa shape index (κ1) is 17.5. The maximum atomic E-state index is 12.4. The minimum absolute atomic E-state index is 0.214.